The van der Waals surface area contributed by atoms with E-state index in [0.717, 1.165) is 6.42 Å². The van der Waals surface area contributed by atoms with Crippen molar-refractivity contribution < 1.29 is 4.79 Å². The largest absolute Gasteiger partial charge is 0.352 e. The lowest BCUT2D eigenvalue weighted by molar-refractivity contribution is -0.124. The predicted molar refractivity (Wildman–Crippen MR) is 75.3 cm³/mol. The van der Waals surface area contributed by atoms with E-state index >= 15 is 0 Å². The van der Waals surface area contributed by atoms with Gasteiger partial charge in [-0.25, -0.2) is 0 Å². The van der Waals surface area contributed by atoms with Gasteiger partial charge < -0.3 is 11.1 Å². The van der Waals surface area contributed by atoms with Gasteiger partial charge >= 0.3 is 0 Å². The Hall–Kier alpha value is -1.35. The standard InChI is InChI=1S/C15H24N2O/c1-10(5-6-16)15(18)17-9-14-8-12(3)11(2)7-13(14)4/h7-8,10H,5-6,9,16H2,1-4H3,(H,17,18). The Kier molecular flexibility index (Phi) is 5.35. The smallest absolute Gasteiger partial charge is 0.223 e. The average Bonchev–Trinajstić information content (AvgIpc) is 2.32. The molecule has 0 saturated carbocycles. The van der Waals surface area contributed by atoms with Crippen LogP contribution in [0.5, 0.6) is 0 Å². The number of amides is 1. The summed E-state index contributed by atoms with van der Waals surface area (Å²) in [4.78, 5) is 11.8. The topological polar surface area (TPSA) is 55.1 Å². The molecule has 1 atom stereocenters. The molecule has 1 amide bonds. The third-order valence-corrected chi connectivity index (χ3v) is 3.45. The van der Waals surface area contributed by atoms with Crippen LogP contribution in [0.4, 0.5) is 0 Å². The number of nitrogens with two attached hydrogens (primary N) is 1. The molecule has 0 fully saturated rings. The minimum absolute atomic E-state index is 0.0122. The fourth-order valence-corrected chi connectivity index (χ4v) is 1.95. The molecule has 0 bridgehead atoms. The van der Waals surface area contributed by atoms with Crippen LogP contribution >= 0.6 is 0 Å². The molecule has 1 aromatic rings. The predicted octanol–water partition coefficient (Wildman–Crippen LogP) is 2.21. The normalized spacial score (nSPS) is 12.3. The summed E-state index contributed by atoms with van der Waals surface area (Å²) >= 11 is 0. The molecule has 3 N–H and O–H groups in total. The highest BCUT2D eigenvalue weighted by Gasteiger charge is 2.11. The van der Waals surface area contributed by atoms with Crippen LogP contribution in [0.25, 0.3) is 0 Å². The van der Waals surface area contributed by atoms with Crippen molar-refractivity contribution in [2.75, 3.05) is 6.54 Å². The first-order chi connectivity index (χ1) is 8.45. The Labute approximate surface area is 110 Å². The second-order valence-corrected chi connectivity index (χ2v) is 5.06. The molecule has 1 aromatic carbocycles. The molecule has 0 radical (unpaired) electrons. The Morgan fingerprint density at radius 1 is 1.22 bits per heavy atom. The lowest BCUT2D eigenvalue weighted by Gasteiger charge is -2.14. The molecule has 0 aliphatic carbocycles. The number of hydrogen-bond donors (Lipinski definition) is 2. The lowest BCUT2D eigenvalue weighted by Crippen LogP contribution is -2.30. The summed E-state index contributed by atoms with van der Waals surface area (Å²) in [5.74, 6) is 0.0694. The Bertz CT molecular complexity index is 427. The quantitative estimate of drug-likeness (QED) is 0.839. The number of carbonyl (C=O) groups excluding carboxylic acids is 1. The van der Waals surface area contributed by atoms with Crippen LogP contribution in [-0.4, -0.2) is 12.5 Å². The van der Waals surface area contributed by atoms with Crippen LogP contribution in [0.1, 0.15) is 35.6 Å². The number of hydrogen-bond acceptors (Lipinski definition) is 2. The Morgan fingerprint density at radius 2 is 1.83 bits per heavy atom. The first kappa shape index (κ1) is 14.7. The third kappa shape index (κ3) is 3.84. The van der Waals surface area contributed by atoms with Crippen LogP contribution < -0.4 is 11.1 Å². The van der Waals surface area contributed by atoms with E-state index in [4.69, 9.17) is 5.73 Å². The molecule has 18 heavy (non-hydrogen) atoms. The molecule has 0 heterocycles. The molecular weight excluding hydrogens is 224 g/mol. The Balaban J connectivity index is 2.64. The average molecular weight is 248 g/mol. The number of nitrogens with one attached hydrogen (secondary N) is 1. The number of rotatable bonds is 5. The summed E-state index contributed by atoms with van der Waals surface area (Å²) in [7, 11) is 0. The van der Waals surface area contributed by atoms with Crippen LogP contribution in [0.3, 0.4) is 0 Å². The van der Waals surface area contributed by atoms with Gasteiger partial charge in [0.2, 0.25) is 5.91 Å². The monoisotopic (exact) mass is 248 g/mol. The summed E-state index contributed by atoms with van der Waals surface area (Å²) in [6, 6.07) is 4.32. The fraction of sp³-hybridized carbons (Fsp3) is 0.533. The first-order valence-electron chi connectivity index (χ1n) is 6.50. The van der Waals surface area contributed by atoms with E-state index in [1.165, 1.54) is 22.3 Å². The van der Waals surface area contributed by atoms with Crippen molar-refractivity contribution in [2.24, 2.45) is 11.7 Å². The van der Waals surface area contributed by atoms with Crippen molar-refractivity contribution in [2.45, 2.75) is 40.7 Å². The SMILES string of the molecule is Cc1cc(C)c(CNC(=O)C(C)CCN)cc1C. The molecule has 0 aromatic heterocycles. The molecule has 100 valence electrons. The summed E-state index contributed by atoms with van der Waals surface area (Å²) in [6.45, 7) is 9.34. The molecule has 1 rings (SSSR count). The number of carbonyl (C=O) groups is 1. The molecule has 0 aliphatic heterocycles. The van der Waals surface area contributed by atoms with Crippen molar-refractivity contribution in [1.29, 1.82) is 0 Å². The van der Waals surface area contributed by atoms with E-state index in [9.17, 15) is 4.79 Å². The van der Waals surface area contributed by atoms with Gasteiger partial charge in [0.25, 0.3) is 0 Å². The van der Waals surface area contributed by atoms with E-state index in [1.807, 2.05) is 6.92 Å². The van der Waals surface area contributed by atoms with Crippen LogP contribution in [-0.2, 0) is 11.3 Å². The van der Waals surface area contributed by atoms with Crippen LogP contribution in [0.2, 0.25) is 0 Å². The van der Waals surface area contributed by atoms with Crippen molar-refractivity contribution >= 4 is 5.91 Å². The molecule has 0 saturated heterocycles. The maximum absolute atomic E-state index is 11.8. The van der Waals surface area contributed by atoms with Gasteiger partial charge in [-0.3, -0.25) is 4.79 Å². The summed E-state index contributed by atoms with van der Waals surface area (Å²) in [6.07, 6.45) is 0.734. The van der Waals surface area contributed by atoms with Gasteiger partial charge in [-0.15, -0.1) is 0 Å². The molecule has 0 aliphatic rings. The fourth-order valence-electron chi connectivity index (χ4n) is 1.95. The van der Waals surface area contributed by atoms with E-state index in [-0.39, 0.29) is 11.8 Å². The van der Waals surface area contributed by atoms with Gasteiger partial charge in [0.15, 0.2) is 0 Å². The minimum atomic E-state index is -0.0122. The van der Waals surface area contributed by atoms with Gasteiger partial charge in [0.05, 0.1) is 0 Å². The highest BCUT2D eigenvalue weighted by molar-refractivity contribution is 5.78. The zero-order valence-corrected chi connectivity index (χ0v) is 11.8. The van der Waals surface area contributed by atoms with Gasteiger partial charge in [-0.1, -0.05) is 19.1 Å². The van der Waals surface area contributed by atoms with Crippen molar-refractivity contribution in [3.63, 3.8) is 0 Å². The second kappa shape index (κ2) is 6.55. The molecule has 3 nitrogen and oxygen atoms in total. The maximum Gasteiger partial charge on any atom is 0.223 e. The first-order valence-corrected chi connectivity index (χ1v) is 6.50. The minimum Gasteiger partial charge on any atom is -0.352 e. The van der Waals surface area contributed by atoms with E-state index in [2.05, 4.69) is 38.2 Å². The van der Waals surface area contributed by atoms with Crippen molar-refractivity contribution in [1.82, 2.24) is 5.32 Å². The summed E-state index contributed by atoms with van der Waals surface area (Å²) in [5.41, 5.74) is 10.4. The molecule has 3 heteroatoms. The second-order valence-electron chi connectivity index (χ2n) is 5.06. The zero-order chi connectivity index (χ0) is 13.7. The lowest BCUT2D eigenvalue weighted by atomic mass is 10.0. The van der Waals surface area contributed by atoms with E-state index < -0.39 is 0 Å². The zero-order valence-electron chi connectivity index (χ0n) is 11.8. The Morgan fingerprint density at radius 3 is 2.44 bits per heavy atom. The van der Waals surface area contributed by atoms with E-state index in [0.29, 0.717) is 13.1 Å². The highest BCUT2D eigenvalue weighted by Crippen LogP contribution is 2.15. The third-order valence-electron chi connectivity index (χ3n) is 3.45. The van der Waals surface area contributed by atoms with Gasteiger partial charge in [0.1, 0.15) is 0 Å². The number of aryl methyl sites for hydroxylation is 3. The van der Waals surface area contributed by atoms with Crippen LogP contribution in [0, 0.1) is 26.7 Å². The van der Waals surface area contributed by atoms with Gasteiger partial charge in [0, 0.05) is 12.5 Å². The molecule has 0 spiro atoms. The van der Waals surface area contributed by atoms with Gasteiger partial charge in [-0.05, 0) is 56.0 Å². The number of benzene rings is 1. The van der Waals surface area contributed by atoms with Crippen LogP contribution in [0.15, 0.2) is 12.1 Å². The molecule has 1 unspecified atom stereocenters. The highest BCUT2D eigenvalue weighted by atomic mass is 16.1. The molecular formula is C15H24N2O. The van der Waals surface area contributed by atoms with Gasteiger partial charge in [-0.2, -0.15) is 0 Å². The van der Waals surface area contributed by atoms with Crippen molar-refractivity contribution in [3.05, 3.63) is 34.4 Å². The van der Waals surface area contributed by atoms with Crippen molar-refractivity contribution in [3.8, 4) is 0 Å². The summed E-state index contributed by atoms with van der Waals surface area (Å²) < 4.78 is 0. The maximum atomic E-state index is 11.8. The summed E-state index contributed by atoms with van der Waals surface area (Å²) in [5, 5.41) is 2.98. The van der Waals surface area contributed by atoms with E-state index in [1.54, 1.807) is 0 Å².